The fraction of sp³-hybridized carbons (Fsp3) is 0.167. The van der Waals surface area contributed by atoms with Crippen molar-refractivity contribution in [2.75, 3.05) is 18.4 Å². The van der Waals surface area contributed by atoms with Crippen molar-refractivity contribution in [3.63, 3.8) is 0 Å². The largest absolute Gasteiger partial charge is 0.378 e. The van der Waals surface area contributed by atoms with Gasteiger partial charge in [0, 0.05) is 10.6 Å². The number of fused-ring (bicyclic) bond motifs is 1. The molecule has 82 valence electrons. The Hall–Kier alpha value is -2.10. The van der Waals surface area contributed by atoms with Crippen LogP contribution in [0.2, 0.25) is 0 Å². The zero-order valence-electron chi connectivity index (χ0n) is 8.72. The van der Waals surface area contributed by atoms with Crippen molar-refractivity contribution in [1.82, 2.24) is 0 Å². The van der Waals surface area contributed by atoms with Crippen molar-refractivity contribution < 1.29 is 4.92 Å². The van der Waals surface area contributed by atoms with Crippen molar-refractivity contribution in [3.8, 4) is 0 Å². The van der Waals surface area contributed by atoms with Gasteiger partial charge >= 0.3 is 0 Å². The van der Waals surface area contributed by atoms with Gasteiger partial charge in [0.1, 0.15) is 0 Å². The van der Waals surface area contributed by atoms with Crippen LogP contribution in [0.5, 0.6) is 0 Å². The minimum atomic E-state index is -0.325. The van der Waals surface area contributed by atoms with Crippen LogP contribution in [-0.2, 0) is 0 Å². The van der Waals surface area contributed by atoms with Crippen molar-refractivity contribution in [3.05, 3.63) is 52.6 Å². The number of benzene rings is 2. The van der Waals surface area contributed by atoms with Crippen LogP contribution in [-0.4, -0.2) is 18.0 Å². The number of hydrogen-bond acceptors (Lipinski definition) is 3. The standard InChI is InChI=1S/C12H12N2O2/c15-14(16)8-7-13-12-6-5-10-3-1-2-4-11(10)9-12/h1-6,9,13H,7-8H2. The van der Waals surface area contributed by atoms with Crippen LogP contribution in [0.1, 0.15) is 0 Å². The molecule has 1 N–H and O–H groups in total. The van der Waals surface area contributed by atoms with Gasteiger partial charge in [0.25, 0.3) is 0 Å². The van der Waals surface area contributed by atoms with Crippen LogP contribution < -0.4 is 5.32 Å². The number of anilines is 1. The Labute approximate surface area is 93.0 Å². The lowest BCUT2D eigenvalue weighted by Crippen LogP contribution is -2.13. The zero-order valence-corrected chi connectivity index (χ0v) is 8.72. The van der Waals surface area contributed by atoms with Crippen LogP contribution in [0.25, 0.3) is 10.8 Å². The maximum absolute atomic E-state index is 10.2. The maximum atomic E-state index is 10.2. The second kappa shape index (κ2) is 4.61. The van der Waals surface area contributed by atoms with Crippen LogP contribution >= 0.6 is 0 Å². The topological polar surface area (TPSA) is 55.2 Å². The molecule has 2 rings (SSSR count). The van der Waals surface area contributed by atoms with E-state index in [1.165, 1.54) is 5.39 Å². The summed E-state index contributed by atoms with van der Waals surface area (Å²) in [5.41, 5.74) is 0.917. The molecule has 0 unspecified atom stereocenters. The van der Waals surface area contributed by atoms with E-state index < -0.39 is 0 Å². The van der Waals surface area contributed by atoms with E-state index in [9.17, 15) is 10.1 Å². The van der Waals surface area contributed by atoms with E-state index in [0.29, 0.717) is 6.54 Å². The van der Waals surface area contributed by atoms with Crippen molar-refractivity contribution in [2.45, 2.75) is 0 Å². The third-order valence-corrected chi connectivity index (χ3v) is 2.37. The molecule has 0 aliphatic rings. The Balaban J connectivity index is 2.10. The van der Waals surface area contributed by atoms with Gasteiger partial charge in [0.2, 0.25) is 6.54 Å². The van der Waals surface area contributed by atoms with E-state index in [2.05, 4.69) is 5.32 Å². The molecule has 0 fully saturated rings. The first-order valence-corrected chi connectivity index (χ1v) is 5.10. The van der Waals surface area contributed by atoms with Gasteiger partial charge in [-0.05, 0) is 22.9 Å². The molecule has 0 bridgehead atoms. The predicted octanol–water partition coefficient (Wildman–Crippen LogP) is 2.53. The van der Waals surface area contributed by atoms with Gasteiger partial charge in [-0.15, -0.1) is 0 Å². The predicted molar refractivity (Wildman–Crippen MR) is 64.3 cm³/mol. The Morgan fingerprint density at radius 3 is 2.62 bits per heavy atom. The molecule has 0 heterocycles. The molecule has 4 heteroatoms. The second-order valence-electron chi connectivity index (χ2n) is 3.55. The lowest BCUT2D eigenvalue weighted by atomic mass is 10.1. The molecule has 2 aromatic rings. The van der Waals surface area contributed by atoms with Crippen molar-refractivity contribution in [1.29, 1.82) is 0 Å². The Bertz CT molecular complexity index is 511. The van der Waals surface area contributed by atoms with Gasteiger partial charge in [0.05, 0.1) is 6.54 Å². The summed E-state index contributed by atoms with van der Waals surface area (Å²) >= 11 is 0. The number of nitro groups is 1. The molecular formula is C12H12N2O2. The monoisotopic (exact) mass is 216 g/mol. The van der Waals surface area contributed by atoms with Crippen LogP contribution in [0.15, 0.2) is 42.5 Å². The molecule has 0 aliphatic heterocycles. The quantitative estimate of drug-likeness (QED) is 0.631. The number of nitrogens with zero attached hydrogens (tertiary/aromatic N) is 1. The molecule has 0 saturated heterocycles. The van der Waals surface area contributed by atoms with Gasteiger partial charge in [-0.2, -0.15) is 0 Å². The summed E-state index contributed by atoms with van der Waals surface area (Å²) < 4.78 is 0. The minimum absolute atomic E-state index is 0.0627. The molecule has 0 spiro atoms. The first-order valence-electron chi connectivity index (χ1n) is 5.10. The molecule has 0 amide bonds. The highest BCUT2D eigenvalue weighted by atomic mass is 16.6. The first-order chi connectivity index (χ1) is 7.75. The zero-order chi connectivity index (χ0) is 11.4. The van der Waals surface area contributed by atoms with Gasteiger partial charge in [0.15, 0.2) is 0 Å². The van der Waals surface area contributed by atoms with Crippen LogP contribution in [0.4, 0.5) is 5.69 Å². The molecule has 16 heavy (non-hydrogen) atoms. The molecule has 4 nitrogen and oxygen atoms in total. The lowest BCUT2D eigenvalue weighted by molar-refractivity contribution is -0.476. The molecule has 0 aliphatic carbocycles. The van der Waals surface area contributed by atoms with E-state index >= 15 is 0 Å². The Kier molecular flexibility index (Phi) is 3.00. The summed E-state index contributed by atoms with van der Waals surface area (Å²) in [6, 6.07) is 14.0. The third kappa shape index (κ3) is 2.48. The lowest BCUT2D eigenvalue weighted by Gasteiger charge is -2.05. The van der Waals surface area contributed by atoms with Crippen LogP contribution in [0, 0.1) is 10.1 Å². The highest BCUT2D eigenvalue weighted by molar-refractivity contribution is 5.85. The summed E-state index contributed by atoms with van der Waals surface area (Å²) in [4.78, 5) is 9.84. The average Bonchev–Trinajstić information content (AvgIpc) is 2.28. The summed E-state index contributed by atoms with van der Waals surface area (Å²) in [5.74, 6) is 0. The van der Waals surface area contributed by atoms with Crippen molar-refractivity contribution in [2.24, 2.45) is 0 Å². The van der Waals surface area contributed by atoms with Gasteiger partial charge < -0.3 is 5.32 Å². The van der Waals surface area contributed by atoms with E-state index in [-0.39, 0.29) is 11.5 Å². The molecule has 2 aromatic carbocycles. The molecular weight excluding hydrogens is 204 g/mol. The number of rotatable bonds is 4. The first kappa shape index (κ1) is 10.4. The minimum Gasteiger partial charge on any atom is -0.378 e. The highest BCUT2D eigenvalue weighted by Gasteiger charge is 1.98. The van der Waals surface area contributed by atoms with E-state index in [1.54, 1.807) is 0 Å². The summed E-state index contributed by atoms with van der Waals surface area (Å²) in [6.45, 7) is 0.290. The number of hydrogen-bond donors (Lipinski definition) is 1. The van der Waals surface area contributed by atoms with Gasteiger partial charge in [-0.25, -0.2) is 0 Å². The highest BCUT2D eigenvalue weighted by Crippen LogP contribution is 2.18. The fourth-order valence-electron chi connectivity index (χ4n) is 1.59. The molecule has 0 atom stereocenters. The molecule has 0 saturated carbocycles. The normalized spacial score (nSPS) is 10.2. The van der Waals surface area contributed by atoms with Crippen molar-refractivity contribution >= 4 is 16.5 Å². The average molecular weight is 216 g/mol. The SMILES string of the molecule is O=[N+]([O-])CCNc1ccc2ccccc2c1. The van der Waals surface area contributed by atoms with Gasteiger partial charge in [-0.3, -0.25) is 10.1 Å². The Morgan fingerprint density at radius 1 is 1.12 bits per heavy atom. The van der Waals surface area contributed by atoms with E-state index in [1.807, 2.05) is 42.5 Å². The summed E-state index contributed by atoms with van der Waals surface area (Å²) in [5, 5.41) is 15.5. The van der Waals surface area contributed by atoms with Crippen LogP contribution in [0.3, 0.4) is 0 Å². The smallest absolute Gasteiger partial charge is 0.220 e. The second-order valence-corrected chi connectivity index (χ2v) is 3.55. The van der Waals surface area contributed by atoms with Gasteiger partial charge in [-0.1, -0.05) is 30.3 Å². The molecule has 0 radical (unpaired) electrons. The van der Waals surface area contributed by atoms with E-state index in [0.717, 1.165) is 11.1 Å². The molecule has 0 aromatic heterocycles. The maximum Gasteiger partial charge on any atom is 0.220 e. The number of nitrogens with one attached hydrogen (secondary N) is 1. The fourth-order valence-corrected chi connectivity index (χ4v) is 1.59. The third-order valence-electron chi connectivity index (χ3n) is 2.37. The Morgan fingerprint density at radius 2 is 1.88 bits per heavy atom. The van der Waals surface area contributed by atoms with E-state index in [4.69, 9.17) is 0 Å². The summed E-state index contributed by atoms with van der Waals surface area (Å²) in [6.07, 6.45) is 0. The summed E-state index contributed by atoms with van der Waals surface area (Å²) in [7, 11) is 0.